The molecule has 0 aromatic heterocycles. The molecule has 0 saturated heterocycles. The van der Waals surface area contributed by atoms with Gasteiger partial charge in [-0.2, -0.15) is 0 Å². The second-order valence-corrected chi connectivity index (χ2v) is 6.01. The Hall–Kier alpha value is -1.86. The van der Waals surface area contributed by atoms with E-state index in [9.17, 15) is 4.39 Å². The molecule has 0 atom stereocenters. The number of hydrogen-bond donors (Lipinski definition) is 2. The van der Waals surface area contributed by atoms with Gasteiger partial charge in [-0.05, 0) is 43.5 Å². The van der Waals surface area contributed by atoms with E-state index in [-0.39, 0.29) is 5.82 Å². The number of guanidine groups is 1. The van der Waals surface area contributed by atoms with Crippen LogP contribution in [0, 0.1) is 5.82 Å². The van der Waals surface area contributed by atoms with Crippen LogP contribution in [-0.2, 0) is 9.47 Å². The number of nitrogens with zero attached hydrogens (tertiary/aromatic N) is 1. The van der Waals surface area contributed by atoms with Crippen LogP contribution in [0.4, 0.5) is 4.39 Å². The lowest BCUT2D eigenvalue weighted by Gasteiger charge is -2.12. The summed E-state index contributed by atoms with van der Waals surface area (Å²) in [5, 5.41) is 6.46. The molecule has 154 valence electrons. The molecule has 27 heavy (non-hydrogen) atoms. The summed E-state index contributed by atoms with van der Waals surface area (Å²) in [6, 6.07) is 6.07. The van der Waals surface area contributed by atoms with Crippen molar-refractivity contribution < 1.29 is 18.6 Å². The summed E-state index contributed by atoms with van der Waals surface area (Å²) in [7, 11) is 1.75. The molecule has 0 saturated carbocycles. The molecule has 0 unspecified atom stereocenters. The Morgan fingerprint density at radius 2 is 1.59 bits per heavy atom. The summed E-state index contributed by atoms with van der Waals surface area (Å²) in [5.74, 6) is 1.20. The minimum atomic E-state index is -0.254. The van der Waals surface area contributed by atoms with Crippen molar-refractivity contribution in [3.05, 3.63) is 30.1 Å². The van der Waals surface area contributed by atoms with Crippen LogP contribution in [0.1, 0.15) is 32.6 Å². The van der Waals surface area contributed by atoms with Gasteiger partial charge in [-0.25, -0.2) is 4.39 Å². The van der Waals surface area contributed by atoms with Gasteiger partial charge < -0.3 is 24.8 Å². The number of ether oxygens (including phenoxy) is 3. The Bertz CT molecular complexity index is 498. The highest BCUT2D eigenvalue weighted by molar-refractivity contribution is 5.79. The summed E-state index contributed by atoms with van der Waals surface area (Å²) in [6.45, 7) is 6.94. The van der Waals surface area contributed by atoms with E-state index in [0.717, 1.165) is 44.8 Å². The summed E-state index contributed by atoms with van der Waals surface area (Å²) in [4.78, 5) is 4.18. The van der Waals surface area contributed by atoms with Gasteiger partial charge in [0.05, 0.1) is 26.4 Å². The zero-order valence-electron chi connectivity index (χ0n) is 16.6. The number of rotatable bonds is 15. The first-order valence-electron chi connectivity index (χ1n) is 9.74. The molecule has 7 heteroatoms. The number of aliphatic imine (C=N–C) groups is 1. The van der Waals surface area contributed by atoms with Crippen molar-refractivity contribution in [1.82, 2.24) is 10.6 Å². The molecular formula is C20H34FN3O3. The molecule has 1 aromatic carbocycles. The molecule has 1 aromatic rings. The van der Waals surface area contributed by atoms with E-state index < -0.39 is 0 Å². The largest absolute Gasteiger partial charge is 0.494 e. The van der Waals surface area contributed by atoms with Gasteiger partial charge in [0.15, 0.2) is 5.96 Å². The fourth-order valence-corrected chi connectivity index (χ4v) is 2.19. The number of hydrogen-bond acceptors (Lipinski definition) is 4. The number of halogens is 1. The van der Waals surface area contributed by atoms with Crippen molar-refractivity contribution in [2.75, 3.05) is 53.2 Å². The van der Waals surface area contributed by atoms with Gasteiger partial charge >= 0.3 is 0 Å². The molecule has 0 fully saturated rings. The maximum atomic E-state index is 12.8. The highest BCUT2D eigenvalue weighted by Crippen LogP contribution is 2.11. The minimum absolute atomic E-state index is 0.254. The van der Waals surface area contributed by atoms with Gasteiger partial charge in [-0.15, -0.1) is 0 Å². The van der Waals surface area contributed by atoms with Gasteiger partial charge in [-0.3, -0.25) is 4.99 Å². The molecule has 6 nitrogen and oxygen atoms in total. The highest BCUT2D eigenvalue weighted by atomic mass is 19.1. The van der Waals surface area contributed by atoms with E-state index in [0.29, 0.717) is 38.7 Å². The molecule has 0 radical (unpaired) electrons. The molecule has 1 rings (SSSR count). The highest BCUT2D eigenvalue weighted by Gasteiger charge is 1.98. The zero-order chi connectivity index (χ0) is 19.6. The maximum Gasteiger partial charge on any atom is 0.191 e. The Morgan fingerprint density at radius 3 is 2.30 bits per heavy atom. The summed E-state index contributed by atoms with van der Waals surface area (Å²) >= 11 is 0. The van der Waals surface area contributed by atoms with Gasteiger partial charge in [0.25, 0.3) is 0 Å². The van der Waals surface area contributed by atoms with Crippen molar-refractivity contribution in [2.24, 2.45) is 4.99 Å². The van der Waals surface area contributed by atoms with Crippen LogP contribution in [0.25, 0.3) is 0 Å². The second-order valence-electron chi connectivity index (χ2n) is 6.01. The van der Waals surface area contributed by atoms with Gasteiger partial charge in [0.1, 0.15) is 11.6 Å². The summed E-state index contributed by atoms with van der Waals surface area (Å²) < 4.78 is 29.3. The number of benzene rings is 1. The fourth-order valence-electron chi connectivity index (χ4n) is 2.19. The lowest BCUT2D eigenvalue weighted by Crippen LogP contribution is -2.39. The first-order chi connectivity index (χ1) is 13.3. The van der Waals surface area contributed by atoms with Crippen molar-refractivity contribution in [3.8, 4) is 5.75 Å². The summed E-state index contributed by atoms with van der Waals surface area (Å²) in [5.41, 5.74) is 0. The normalized spacial score (nSPS) is 11.4. The van der Waals surface area contributed by atoms with Crippen LogP contribution in [0.5, 0.6) is 5.75 Å². The molecule has 0 bridgehead atoms. The van der Waals surface area contributed by atoms with E-state index in [1.807, 2.05) is 0 Å². The van der Waals surface area contributed by atoms with Crippen LogP contribution in [-0.4, -0.2) is 59.1 Å². The number of nitrogens with one attached hydrogen (secondary N) is 2. The Kier molecular flexibility index (Phi) is 14.0. The van der Waals surface area contributed by atoms with Crippen molar-refractivity contribution in [3.63, 3.8) is 0 Å². The van der Waals surface area contributed by atoms with Crippen molar-refractivity contribution in [2.45, 2.75) is 32.6 Å². The average molecular weight is 384 g/mol. The lowest BCUT2D eigenvalue weighted by atomic mass is 10.3. The predicted octanol–water partition coefficient (Wildman–Crippen LogP) is 2.98. The maximum absolute atomic E-state index is 12.8. The third kappa shape index (κ3) is 13.0. The predicted molar refractivity (Wildman–Crippen MR) is 107 cm³/mol. The smallest absolute Gasteiger partial charge is 0.191 e. The minimum Gasteiger partial charge on any atom is -0.494 e. The Balaban J connectivity index is 1.93. The van der Waals surface area contributed by atoms with Crippen LogP contribution in [0.15, 0.2) is 29.3 Å². The average Bonchev–Trinajstić information content (AvgIpc) is 2.69. The molecule has 0 aliphatic heterocycles. The number of unbranched alkanes of at least 4 members (excludes halogenated alkanes) is 2. The van der Waals surface area contributed by atoms with E-state index in [1.165, 1.54) is 12.1 Å². The van der Waals surface area contributed by atoms with Crippen LogP contribution in [0.3, 0.4) is 0 Å². The molecule has 0 amide bonds. The van der Waals surface area contributed by atoms with E-state index >= 15 is 0 Å². The van der Waals surface area contributed by atoms with Crippen LogP contribution >= 0.6 is 0 Å². The zero-order valence-corrected chi connectivity index (χ0v) is 16.6. The second kappa shape index (κ2) is 16.3. The standard InChI is InChI=1S/C20H34FN3O3/c1-3-4-13-25-16-17-26-15-12-24-20(22-2)23-11-5-6-14-27-19-9-7-18(21)8-10-19/h7-10H,3-6,11-17H2,1-2H3,(H2,22,23,24). The Morgan fingerprint density at radius 1 is 0.889 bits per heavy atom. The topological polar surface area (TPSA) is 64.1 Å². The van der Waals surface area contributed by atoms with Crippen molar-refractivity contribution >= 4 is 5.96 Å². The van der Waals surface area contributed by atoms with E-state index in [2.05, 4.69) is 22.5 Å². The van der Waals surface area contributed by atoms with Crippen LogP contribution < -0.4 is 15.4 Å². The van der Waals surface area contributed by atoms with Crippen molar-refractivity contribution in [1.29, 1.82) is 0 Å². The first-order valence-corrected chi connectivity index (χ1v) is 9.74. The lowest BCUT2D eigenvalue weighted by molar-refractivity contribution is 0.0487. The Labute approximate surface area is 162 Å². The molecule has 0 spiro atoms. The first kappa shape index (κ1) is 23.2. The fraction of sp³-hybridized carbons (Fsp3) is 0.650. The quantitative estimate of drug-likeness (QED) is 0.277. The van der Waals surface area contributed by atoms with E-state index in [1.54, 1.807) is 19.2 Å². The summed E-state index contributed by atoms with van der Waals surface area (Å²) in [6.07, 6.45) is 4.11. The van der Waals surface area contributed by atoms with Gasteiger partial charge in [-0.1, -0.05) is 13.3 Å². The van der Waals surface area contributed by atoms with Gasteiger partial charge in [0, 0.05) is 26.7 Å². The molecule has 0 heterocycles. The SMILES string of the molecule is CCCCOCCOCCNC(=NC)NCCCCOc1ccc(F)cc1. The molecular weight excluding hydrogens is 349 g/mol. The third-order valence-electron chi connectivity index (χ3n) is 3.72. The monoisotopic (exact) mass is 383 g/mol. The molecule has 0 aliphatic carbocycles. The third-order valence-corrected chi connectivity index (χ3v) is 3.72. The molecule has 0 aliphatic rings. The van der Waals surface area contributed by atoms with Crippen LogP contribution in [0.2, 0.25) is 0 Å². The van der Waals surface area contributed by atoms with Gasteiger partial charge in [0.2, 0.25) is 0 Å². The van der Waals surface area contributed by atoms with E-state index in [4.69, 9.17) is 14.2 Å². The molecule has 2 N–H and O–H groups in total.